The molecule has 1 fully saturated rings. The number of carbonyl (C=O) groups is 2. The van der Waals surface area contributed by atoms with E-state index in [0.717, 1.165) is 5.56 Å². The first-order chi connectivity index (χ1) is 12.5. The summed E-state index contributed by atoms with van der Waals surface area (Å²) in [6, 6.07) is 15.0. The van der Waals surface area contributed by atoms with E-state index in [9.17, 15) is 14.7 Å². The molecule has 1 saturated heterocycles. The van der Waals surface area contributed by atoms with Gasteiger partial charge in [0.2, 0.25) is 0 Å². The Balaban J connectivity index is 2.14. The zero-order valence-corrected chi connectivity index (χ0v) is 14.9. The molecule has 5 nitrogen and oxygen atoms in total. The SMILES string of the molecule is COCCN1C(=O)C(=O)/C(=C(/O)c2ccc(Cl)cc2)[C@H]1c1ccccc1. The molecule has 6 heteroatoms. The van der Waals surface area contributed by atoms with Gasteiger partial charge in [-0.2, -0.15) is 0 Å². The van der Waals surface area contributed by atoms with Gasteiger partial charge in [-0.25, -0.2) is 0 Å². The van der Waals surface area contributed by atoms with E-state index in [2.05, 4.69) is 0 Å². The molecule has 0 spiro atoms. The fourth-order valence-corrected chi connectivity index (χ4v) is 3.17. The van der Waals surface area contributed by atoms with Crippen molar-refractivity contribution in [2.24, 2.45) is 0 Å². The Morgan fingerprint density at radius 3 is 2.38 bits per heavy atom. The predicted octanol–water partition coefficient (Wildman–Crippen LogP) is 3.41. The normalized spacial score (nSPS) is 19.2. The maximum absolute atomic E-state index is 12.7. The van der Waals surface area contributed by atoms with Crippen molar-refractivity contribution in [3.05, 3.63) is 76.3 Å². The van der Waals surface area contributed by atoms with Crippen molar-refractivity contribution in [1.82, 2.24) is 4.90 Å². The summed E-state index contributed by atoms with van der Waals surface area (Å²) < 4.78 is 5.07. The number of hydrogen-bond donors (Lipinski definition) is 1. The lowest BCUT2D eigenvalue weighted by molar-refractivity contribution is -0.140. The van der Waals surface area contributed by atoms with Gasteiger partial charge >= 0.3 is 0 Å². The number of Topliss-reactive ketones (excluding diaryl/α,β-unsaturated/α-hetero) is 1. The Labute approximate surface area is 156 Å². The molecule has 1 aliphatic heterocycles. The highest BCUT2D eigenvalue weighted by atomic mass is 35.5. The molecule has 1 N–H and O–H groups in total. The minimum Gasteiger partial charge on any atom is -0.507 e. The first-order valence-electron chi connectivity index (χ1n) is 8.13. The minimum atomic E-state index is -0.706. The maximum atomic E-state index is 12.7. The molecule has 0 aromatic heterocycles. The molecule has 1 heterocycles. The molecule has 1 atom stereocenters. The second-order valence-corrected chi connectivity index (χ2v) is 6.34. The zero-order chi connectivity index (χ0) is 18.7. The van der Waals surface area contributed by atoms with E-state index < -0.39 is 17.7 Å². The number of halogens is 1. The van der Waals surface area contributed by atoms with Crippen LogP contribution < -0.4 is 0 Å². The number of rotatable bonds is 5. The van der Waals surface area contributed by atoms with E-state index in [1.54, 1.807) is 24.3 Å². The van der Waals surface area contributed by atoms with Crippen LogP contribution in [0.15, 0.2) is 60.2 Å². The highest BCUT2D eigenvalue weighted by Crippen LogP contribution is 2.39. The number of likely N-dealkylation sites (tertiary alicyclic amines) is 1. The molecular weight excluding hydrogens is 354 g/mol. The van der Waals surface area contributed by atoms with Crippen LogP contribution in [0.5, 0.6) is 0 Å². The highest BCUT2D eigenvalue weighted by molar-refractivity contribution is 6.46. The number of benzene rings is 2. The van der Waals surface area contributed by atoms with E-state index in [1.807, 2.05) is 30.3 Å². The Morgan fingerprint density at radius 2 is 1.77 bits per heavy atom. The smallest absolute Gasteiger partial charge is 0.295 e. The third-order valence-electron chi connectivity index (χ3n) is 4.31. The molecule has 0 radical (unpaired) electrons. The number of methoxy groups -OCH3 is 1. The van der Waals surface area contributed by atoms with Gasteiger partial charge in [0.15, 0.2) is 0 Å². The average molecular weight is 372 g/mol. The van der Waals surface area contributed by atoms with Crippen molar-refractivity contribution in [2.75, 3.05) is 20.3 Å². The van der Waals surface area contributed by atoms with Gasteiger partial charge in [-0.05, 0) is 29.8 Å². The van der Waals surface area contributed by atoms with Crippen molar-refractivity contribution in [3.8, 4) is 0 Å². The molecule has 0 bridgehead atoms. The van der Waals surface area contributed by atoms with Crippen LogP contribution in [0, 0.1) is 0 Å². The number of ketones is 1. The van der Waals surface area contributed by atoms with E-state index in [1.165, 1.54) is 12.0 Å². The molecular formula is C20H18ClNO4. The maximum Gasteiger partial charge on any atom is 0.295 e. The topological polar surface area (TPSA) is 66.8 Å². The highest BCUT2D eigenvalue weighted by Gasteiger charge is 2.45. The van der Waals surface area contributed by atoms with Crippen LogP contribution in [0.3, 0.4) is 0 Å². The standard InChI is InChI=1S/C20H18ClNO4/c1-26-12-11-22-17(13-5-3-2-4-6-13)16(19(24)20(22)25)18(23)14-7-9-15(21)10-8-14/h2-10,17,23H,11-12H2,1H3/b18-16+/t17-/m1/s1. The van der Waals surface area contributed by atoms with Crippen LogP contribution in [0.2, 0.25) is 5.02 Å². The molecule has 1 aliphatic rings. The first-order valence-corrected chi connectivity index (χ1v) is 8.50. The average Bonchev–Trinajstić information content (AvgIpc) is 2.91. The lowest BCUT2D eigenvalue weighted by atomic mass is 9.95. The lowest BCUT2D eigenvalue weighted by Crippen LogP contribution is -2.32. The molecule has 0 aliphatic carbocycles. The number of nitrogens with zero attached hydrogens (tertiary/aromatic N) is 1. The number of carbonyl (C=O) groups excluding carboxylic acids is 2. The summed E-state index contributed by atoms with van der Waals surface area (Å²) in [5.41, 5.74) is 1.25. The summed E-state index contributed by atoms with van der Waals surface area (Å²) in [6.45, 7) is 0.537. The number of aliphatic hydroxyl groups excluding tert-OH is 1. The number of ether oxygens (including phenoxy) is 1. The Morgan fingerprint density at radius 1 is 1.12 bits per heavy atom. The summed E-state index contributed by atoms with van der Waals surface area (Å²) in [5.74, 6) is -1.57. The Kier molecular flexibility index (Phi) is 5.40. The Bertz CT molecular complexity index is 846. The number of amides is 1. The second kappa shape index (κ2) is 7.72. The summed E-state index contributed by atoms with van der Waals surface area (Å²) in [5, 5.41) is 11.3. The van der Waals surface area contributed by atoms with Gasteiger partial charge in [-0.3, -0.25) is 9.59 Å². The lowest BCUT2D eigenvalue weighted by Gasteiger charge is -2.25. The van der Waals surface area contributed by atoms with Gasteiger partial charge in [-0.15, -0.1) is 0 Å². The van der Waals surface area contributed by atoms with Gasteiger partial charge in [0.25, 0.3) is 11.7 Å². The third-order valence-corrected chi connectivity index (χ3v) is 4.56. The van der Waals surface area contributed by atoms with E-state index in [4.69, 9.17) is 16.3 Å². The van der Waals surface area contributed by atoms with Crippen molar-refractivity contribution in [1.29, 1.82) is 0 Å². The minimum absolute atomic E-state index is 0.0691. The molecule has 0 saturated carbocycles. The largest absolute Gasteiger partial charge is 0.507 e. The van der Waals surface area contributed by atoms with Gasteiger partial charge in [0.1, 0.15) is 5.76 Å². The summed E-state index contributed by atoms with van der Waals surface area (Å²) in [4.78, 5) is 26.7. The Hall–Kier alpha value is -2.63. The van der Waals surface area contributed by atoms with Crippen LogP contribution >= 0.6 is 11.6 Å². The second-order valence-electron chi connectivity index (χ2n) is 5.90. The first kappa shape index (κ1) is 18.2. The van der Waals surface area contributed by atoms with Crippen LogP contribution in [-0.4, -0.2) is 42.0 Å². The summed E-state index contributed by atoms with van der Waals surface area (Å²) >= 11 is 5.89. The molecule has 1 amide bonds. The third kappa shape index (κ3) is 3.36. The molecule has 2 aromatic rings. The van der Waals surface area contributed by atoms with E-state index in [-0.39, 0.29) is 24.5 Å². The van der Waals surface area contributed by atoms with Crippen molar-refractivity contribution in [3.63, 3.8) is 0 Å². The van der Waals surface area contributed by atoms with Crippen LogP contribution in [0.4, 0.5) is 0 Å². The number of hydrogen-bond acceptors (Lipinski definition) is 4. The molecule has 3 rings (SSSR count). The van der Waals surface area contributed by atoms with Crippen LogP contribution in [0.25, 0.3) is 5.76 Å². The van der Waals surface area contributed by atoms with Crippen LogP contribution in [-0.2, 0) is 14.3 Å². The van der Waals surface area contributed by atoms with Gasteiger partial charge in [0, 0.05) is 24.2 Å². The quantitative estimate of drug-likeness (QED) is 0.497. The zero-order valence-electron chi connectivity index (χ0n) is 14.2. The molecule has 26 heavy (non-hydrogen) atoms. The van der Waals surface area contributed by atoms with Crippen molar-refractivity contribution in [2.45, 2.75) is 6.04 Å². The molecule has 134 valence electrons. The molecule has 0 unspecified atom stereocenters. The summed E-state index contributed by atoms with van der Waals surface area (Å²) in [6.07, 6.45) is 0. The predicted molar refractivity (Wildman–Crippen MR) is 98.8 cm³/mol. The van der Waals surface area contributed by atoms with Crippen molar-refractivity contribution >= 4 is 29.1 Å². The summed E-state index contributed by atoms with van der Waals surface area (Å²) in [7, 11) is 1.53. The van der Waals surface area contributed by atoms with Gasteiger partial charge < -0.3 is 14.7 Å². The molecule has 2 aromatic carbocycles. The fraction of sp³-hybridized carbons (Fsp3) is 0.200. The fourth-order valence-electron chi connectivity index (χ4n) is 3.05. The van der Waals surface area contributed by atoms with Crippen LogP contribution in [0.1, 0.15) is 17.2 Å². The van der Waals surface area contributed by atoms with E-state index >= 15 is 0 Å². The monoisotopic (exact) mass is 371 g/mol. The van der Waals surface area contributed by atoms with Gasteiger partial charge in [0.05, 0.1) is 18.2 Å². The van der Waals surface area contributed by atoms with Gasteiger partial charge in [-0.1, -0.05) is 41.9 Å². The van der Waals surface area contributed by atoms with E-state index in [0.29, 0.717) is 10.6 Å². The van der Waals surface area contributed by atoms with Crippen molar-refractivity contribution < 1.29 is 19.4 Å². The number of aliphatic hydroxyl groups is 1.